The molecule has 1 N–H and O–H groups in total. The molecule has 1 aromatic carbocycles. The van der Waals surface area contributed by atoms with Gasteiger partial charge in [0.15, 0.2) is 0 Å². The van der Waals surface area contributed by atoms with E-state index < -0.39 is 16.5 Å². The number of halogens is 1. The lowest BCUT2D eigenvalue weighted by Gasteiger charge is -2.10. The Bertz CT molecular complexity index is 813. The van der Waals surface area contributed by atoms with Gasteiger partial charge in [-0.2, -0.15) is 0 Å². The summed E-state index contributed by atoms with van der Waals surface area (Å²) >= 11 is 3.23. The molecular formula is C13H9BrN2O5. The molecule has 0 atom stereocenters. The van der Waals surface area contributed by atoms with Crippen LogP contribution >= 0.6 is 15.9 Å². The molecule has 108 valence electrons. The standard InChI is InChI=1S/C13H9BrN2O5/c1-7-4-9(14)11(5-10(7)16(20)21)15-6-8(13(18)19)2-3-12(15)17/h2-6H,1H3,(H,18,19). The van der Waals surface area contributed by atoms with E-state index in [2.05, 4.69) is 15.9 Å². The monoisotopic (exact) mass is 352 g/mol. The SMILES string of the molecule is Cc1cc(Br)c(-n2cc(C(=O)O)ccc2=O)cc1[N+](=O)[O-]. The minimum atomic E-state index is -1.19. The van der Waals surface area contributed by atoms with Crippen LogP contribution in [0.2, 0.25) is 0 Å². The average molecular weight is 353 g/mol. The zero-order valence-corrected chi connectivity index (χ0v) is 12.3. The topological polar surface area (TPSA) is 102 Å². The molecule has 0 amide bonds. The van der Waals surface area contributed by atoms with Crippen LogP contribution in [0.4, 0.5) is 5.69 Å². The van der Waals surface area contributed by atoms with Gasteiger partial charge in [0.05, 0.1) is 16.2 Å². The van der Waals surface area contributed by atoms with Gasteiger partial charge in [-0.05, 0) is 35.0 Å². The zero-order chi connectivity index (χ0) is 15.7. The third-order valence-electron chi connectivity index (χ3n) is 2.88. The Morgan fingerprint density at radius 3 is 2.62 bits per heavy atom. The van der Waals surface area contributed by atoms with Crippen molar-refractivity contribution in [3.8, 4) is 5.69 Å². The van der Waals surface area contributed by atoms with E-state index in [0.29, 0.717) is 10.0 Å². The molecule has 0 aliphatic carbocycles. The number of benzene rings is 1. The molecule has 0 saturated heterocycles. The lowest BCUT2D eigenvalue weighted by molar-refractivity contribution is -0.385. The number of aromatic nitrogens is 1. The number of carbonyl (C=O) groups is 1. The van der Waals surface area contributed by atoms with Crippen LogP contribution < -0.4 is 5.56 Å². The number of nitro benzene ring substituents is 1. The van der Waals surface area contributed by atoms with E-state index in [1.54, 1.807) is 6.92 Å². The fourth-order valence-electron chi connectivity index (χ4n) is 1.83. The zero-order valence-electron chi connectivity index (χ0n) is 10.7. The first-order valence-electron chi connectivity index (χ1n) is 5.72. The van der Waals surface area contributed by atoms with E-state index in [4.69, 9.17) is 5.11 Å². The summed E-state index contributed by atoms with van der Waals surface area (Å²) in [6.45, 7) is 1.57. The number of pyridine rings is 1. The molecule has 0 radical (unpaired) electrons. The first-order valence-corrected chi connectivity index (χ1v) is 6.51. The molecule has 1 aromatic heterocycles. The molecule has 0 saturated carbocycles. The van der Waals surface area contributed by atoms with Crippen LogP contribution in [-0.2, 0) is 0 Å². The van der Waals surface area contributed by atoms with Crippen LogP contribution in [0.25, 0.3) is 5.69 Å². The van der Waals surface area contributed by atoms with Crippen molar-refractivity contribution in [2.75, 3.05) is 0 Å². The van der Waals surface area contributed by atoms with E-state index in [0.717, 1.165) is 16.8 Å². The number of nitrogens with zero attached hydrogens (tertiary/aromatic N) is 2. The van der Waals surface area contributed by atoms with Gasteiger partial charge < -0.3 is 5.11 Å². The molecule has 21 heavy (non-hydrogen) atoms. The van der Waals surface area contributed by atoms with Crippen molar-refractivity contribution < 1.29 is 14.8 Å². The first kappa shape index (κ1) is 14.9. The Kier molecular flexibility index (Phi) is 3.90. The van der Waals surface area contributed by atoms with Gasteiger partial charge in [-0.1, -0.05) is 0 Å². The summed E-state index contributed by atoms with van der Waals surface area (Å²) in [5, 5.41) is 20.0. The van der Waals surface area contributed by atoms with E-state index in [9.17, 15) is 19.7 Å². The molecular weight excluding hydrogens is 344 g/mol. The van der Waals surface area contributed by atoms with Gasteiger partial charge in [0.1, 0.15) is 0 Å². The van der Waals surface area contributed by atoms with Gasteiger partial charge in [-0.3, -0.25) is 19.5 Å². The molecule has 2 aromatic rings. The summed E-state index contributed by atoms with van der Waals surface area (Å²) in [4.78, 5) is 33.3. The summed E-state index contributed by atoms with van der Waals surface area (Å²) < 4.78 is 1.51. The normalized spacial score (nSPS) is 10.4. The number of hydrogen-bond acceptors (Lipinski definition) is 4. The number of aryl methyl sites for hydroxylation is 1. The molecule has 2 rings (SSSR count). The number of aromatic carboxylic acids is 1. The highest BCUT2D eigenvalue weighted by molar-refractivity contribution is 9.10. The van der Waals surface area contributed by atoms with Crippen molar-refractivity contribution in [2.45, 2.75) is 6.92 Å². The number of rotatable bonds is 3. The maximum absolute atomic E-state index is 11.9. The minimum Gasteiger partial charge on any atom is -0.478 e. The number of hydrogen-bond donors (Lipinski definition) is 1. The smallest absolute Gasteiger partial charge is 0.337 e. The lowest BCUT2D eigenvalue weighted by atomic mass is 10.1. The predicted octanol–water partition coefficient (Wildman–Crippen LogP) is 2.51. The van der Waals surface area contributed by atoms with Crippen LogP contribution in [0.5, 0.6) is 0 Å². The van der Waals surface area contributed by atoms with Crippen LogP contribution in [0, 0.1) is 17.0 Å². The number of nitro groups is 1. The average Bonchev–Trinajstić information content (AvgIpc) is 2.39. The third kappa shape index (κ3) is 2.84. The third-order valence-corrected chi connectivity index (χ3v) is 3.51. The Hall–Kier alpha value is -2.48. The molecule has 0 fully saturated rings. The summed E-state index contributed by atoms with van der Waals surface area (Å²) in [6.07, 6.45) is 1.13. The summed E-state index contributed by atoms with van der Waals surface area (Å²) in [5.41, 5.74) is -0.0946. The minimum absolute atomic E-state index is 0.0928. The largest absolute Gasteiger partial charge is 0.478 e. The fourth-order valence-corrected chi connectivity index (χ4v) is 2.48. The van der Waals surface area contributed by atoms with Crippen molar-refractivity contribution >= 4 is 27.6 Å². The van der Waals surface area contributed by atoms with Crippen LogP contribution in [0.1, 0.15) is 15.9 Å². The van der Waals surface area contributed by atoms with Gasteiger partial charge in [-0.25, -0.2) is 4.79 Å². The second-order valence-electron chi connectivity index (χ2n) is 4.28. The van der Waals surface area contributed by atoms with E-state index in [1.807, 2.05) is 0 Å². The van der Waals surface area contributed by atoms with Crippen LogP contribution in [0.3, 0.4) is 0 Å². The Morgan fingerprint density at radius 1 is 1.38 bits per heavy atom. The second kappa shape index (κ2) is 5.49. The van der Waals surface area contributed by atoms with Gasteiger partial charge in [0, 0.05) is 28.4 Å². The van der Waals surface area contributed by atoms with E-state index in [1.165, 1.54) is 18.2 Å². The highest BCUT2D eigenvalue weighted by Gasteiger charge is 2.17. The van der Waals surface area contributed by atoms with Gasteiger partial charge in [0.2, 0.25) is 0 Å². The van der Waals surface area contributed by atoms with Crippen molar-refractivity contribution in [2.24, 2.45) is 0 Å². The second-order valence-corrected chi connectivity index (χ2v) is 5.13. The van der Waals surface area contributed by atoms with Crippen LogP contribution in [0.15, 0.2) is 39.7 Å². The van der Waals surface area contributed by atoms with Gasteiger partial charge in [-0.15, -0.1) is 0 Å². The molecule has 8 heteroatoms. The summed E-state index contributed by atoms with van der Waals surface area (Å²) in [6, 6.07) is 5.01. The van der Waals surface area contributed by atoms with Crippen molar-refractivity contribution in [1.29, 1.82) is 0 Å². The highest BCUT2D eigenvalue weighted by atomic mass is 79.9. The predicted molar refractivity (Wildman–Crippen MR) is 78.1 cm³/mol. The Morgan fingerprint density at radius 2 is 2.05 bits per heavy atom. The number of carboxylic acids is 1. The molecule has 0 aliphatic rings. The maximum atomic E-state index is 11.9. The van der Waals surface area contributed by atoms with Gasteiger partial charge >= 0.3 is 5.97 Å². The van der Waals surface area contributed by atoms with E-state index in [-0.39, 0.29) is 16.9 Å². The van der Waals surface area contributed by atoms with Crippen molar-refractivity contribution in [3.63, 3.8) is 0 Å². The van der Waals surface area contributed by atoms with E-state index >= 15 is 0 Å². The van der Waals surface area contributed by atoms with Crippen molar-refractivity contribution in [1.82, 2.24) is 4.57 Å². The fraction of sp³-hybridized carbons (Fsp3) is 0.0769. The molecule has 0 spiro atoms. The Labute approximate surface area is 126 Å². The molecule has 7 nitrogen and oxygen atoms in total. The van der Waals surface area contributed by atoms with Crippen molar-refractivity contribution in [3.05, 3.63) is 66.5 Å². The molecule has 0 unspecified atom stereocenters. The highest BCUT2D eigenvalue weighted by Crippen LogP contribution is 2.28. The maximum Gasteiger partial charge on any atom is 0.337 e. The molecule has 1 heterocycles. The summed E-state index contributed by atoms with van der Waals surface area (Å²) in [5.74, 6) is -1.19. The first-order chi connectivity index (χ1) is 9.81. The Balaban J connectivity index is 2.75. The summed E-state index contributed by atoms with van der Waals surface area (Å²) in [7, 11) is 0. The quantitative estimate of drug-likeness (QED) is 0.675. The number of carboxylic acid groups (broad SMARTS) is 1. The molecule has 0 bridgehead atoms. The molecule has 0 aliphatic heterocycles. The van der Waals surface area contributed by atoms with Crippen LogP contribution in [-0.4, -0.2) is 20.6 Å². The lowest BCUT2D eigenvalue weighted by Crippen LogP contribution is -2.19. The van der Waals surface area contributed by atoms with Gasteiger partial charge in [0.25, 0.3) is 11.2 Å².